The second kappa shape index (κ2) is 10.1. The number of hydrogen-bond acceptors (Lipinski definition) is 2. The van der Waals surface area contributed by atoms with Crippen molar-refractivity contribution in [2.24, 2.45) is 5.73 Å². The second-order valence-corrected chi connectivity index (χ2v) is 5.77. The Kier molecular flexibility index (Phi) is 8.45. The zero-order valence-corrected chi connectivity index (χ0v) is 14.8. The van der Waals surface area contributed by atoms with Crippen molar-refractivity contribution >= 4 is 22.9 Å². The molecule has 0 bridgehead atoms. The Morgan fingerprint density at radius 1 is 1.26 bits per heavy atom. The molecule has 1 aromatic rings. The molecule has 2 nitrogen and oxygen atoms in total. The van der Waals surface area contributed by atoms with Gasteiger partial charge in [-0.3, -0.25) is 0 Å². The highest BCUT2D eigenvalue weighted by molar-refractivity contribution is 7.80. The average Bonchev–Trinajstić information content (AvgIpc) is 2.53. The lowest BCUT2D eigenvalue weighted by molar-refractivity contribution is 0.627. The number of hydrogen-bond donors (Lipinski definition) is 2. The van der Waals surface area contributed by atoms with E-state index >= 15 is 0 Å². The topological polar surface area (TPSA) is 38.0 Å². The number of nitrogens with two attached hydrogens (primary N) is 1. The number of benzene rings is 1. The van der Waals surface area contributed by atoms with Gasteiger partial charge in [0, 0.05) is 12.1 Å². The van der Waals surface area contributed by atoms with E-state index in [9.17, 15) is 4.39 Å². The maximum Gasteiger partial charge on any atom is 0.123 e. The molecule has 124 valence electrons. The van der Waals surface area contributed by atoms with Crippen LogP contribution in [-0.2, 0) is 0 Å². The van der Waals surface area contributed by atoms with E-state index in [1.807, 2.05) is 19.9 Å². The molecule has 0 radical (unpaired) electrons. The predicted molar refractivity (Wildman–Crippen MR) is 102 cm³/mol. The van der Waals surface area contributed by atoms with E-state index in [2.05, 4.69) is 24.4 Å². The van der Waals surface area contributed by atoms with Crippen molar-refractivity contribution in [1.29, 1.82) is 0 Å². The van der Waals surface area contributed by atoms with Crippen LogP contribution in [0.3, 0.4) is 0 Å². The van der Waals surface area contributed by atoms with Gasteiger partial charge in [-0.2, -0.15) is 0 Å². The van der Waals surface area contributed by atoms with Crippen molar-refractivity contribution in [2.45, 2.75) is 33.6 Å². The molecule has 0 fully saturated rings. The fourth-order valence-corrected chi connectivity index (χ4v) is 2.22. The number of thiocarbonyl (C=S) groups is 1. The van der Waals surface area contributed by atoms with Gasteiger partial charge in [-0.25, -0.2) is 4.39 Å². The zero-order chi connectivity index (χ0) is 17.2. The summed E-state index contributed by atoms with van der Waals surface area (Å²) in [6.07, 6.45) is 7.82. The standard InChI is InChI=1S/C19H25FN2S/c1-4-5-6-7-14(2)15(3)19(22-18(23)12-13-21)16-8-10-17(20)11-9-16/h5-11H,4,12-13,21H2,1-3H3,(H,22,23)/b6-5+,14-7+,19-15+. The molecule has 0 spiro atoms. The lowest BCUT2D eigenvalue weighted by atomic mass is 10.0. The van der Waals surface area contributed by atoms with Crippen molar-refractivity contribution in [2.75, 3.05) is 6.54 Å². The molecule has 0 aliphatic rings. The lowest BCUT2D eigenvalue weighted by Crippen LogP contribution is -2.23. The molecule has 23 heavy (non-hydrogen) atoms. The summed E-state index contributed by atoms with van der Waals surface area (Å²) in [5.41, 5.74) is 9.55. The summed E-state index contributed by atoms with van der Waals surface area (Å²) in [6, 6.07) is 6.40. The Morgan fingerprint density at radius 2 is 1.91 bits per heavy atom. The van der Waals surface area contributed by atoms with Crippen LogP contribution in [0.1, 0.15) is 39.2 Å². The molecule has 0 aliphatic heterocycles. The van der Waals surface area contributed by atoms with Crippen LogP contribution in [-0.4, -0.2) is 11.5 Å². The summed E-state index contributed by atoms with van der Waals surface area (Å²) in [4.78, 5) is 0.683. The van der Waals surface area contributed by atoms with Gasteiger partial charge in [0.05, 0.1) is 4.99 Å². The molecule has 0 atom stereocenters. The molecule has 1 aromatic carbocycles. The van der Waals surface area contributed by atoms with Gasteiger partial charge in [-0.15, -0.1) is 0 Å². The van der Waals surface area contributed by atoms with Gasteiger partial charge in [0.25, 0.3) is 0 Å². The van der Waals surface area contributed by atoms with E-state index < -0.39 is 0 Å². The Morgan fingerprint density at radius 3 is 2.48 bits per heavy atom. The summed E-state index contributed by atoms with van der Waals surface area (Å²) in [7, 11) is 0. The first-order valence-corrected chi connectivity index (χ1v) is 8.21. The molecule has 0 unspecified atom stereocenters. The van der Waals surface area contributed by atoms with E-state index in [4.69, 9.17) is 18.0 Å². The largest absolute Gasteiger partial charge is 0.349 e. The summed E-state index contributed by atoms with van der Waals surface area (Å²) in [5.74, 6) is -0.256. The van der Waals surface area contributed by atoms with Crippen LogP contribution in [0.4, 0.5) is 4.39 Å². The minimum Gasteiger partial charge on any atom is -0.349 e. The van der Waals surface area contributed by atoms with E-state index in [0.29, 0.717) is 18.0 Å². The third kappa shape index (κ3) is 6.47. The van der Waals surface area contributed by atoms with E-state index in [0.717, 1.165) is 28.8 Å². The highest BCUT2D eigenvalue weighted by Gasteiger charge is 2.09. The highest BCUT2D eigenvalue weighted by atomic mass is 32.1. The van der Waals surface area contributed by atoms with Gasteiger partial charge in [0.1, 0.15) is 5.82 Å². The molecule has 0 heterocycles. The molecule has 0 saturated heterocycles. The molecule has 0 amide bonds. The van der Waals surface area contributed by atoms with Gasteiger partial charge in [0.15, 0.2) is 0 Å². The number of allylic oxidation sites excluding steroid dienone is 5. The molecular formula is C19H25FN2S. The quantitative estimate of drug-likeness (QED) is 0.560. The minimum absolute atomic E-state index is 0.256. The summed E-state index contributed by atoms with van der Waals surface area (Å²) >= 11 is 5.33. The van der Waals surface area contributed by atoms with Crippen molar-refractivity contribution < 1.29 is 4.39 Å². The fourth-order valence-electron chi connectivity index (χ4n) is 2.00. The van der Waals surface area contributed by atoms with Crippen molar-refractivity contribution in [3.63, 3.8) is 0 Å². The Hall–Kier alpha value is -1.78. The van der Waals surface area contributed by atoms with Gasteiger partial charge in [-0.1, -0.05) is 37.4 Å². The normalized spacial score (nSPS) is 13.2. The maximum absolute atomic E-state index is 13.2. The first kappa shape index (κ1) is 19.3. The van der Waals surface area contributed by atoms with E-state index in [1.54, 1.807) is 12.1 Å². The van der Waals surface area contributed by atoms with Gasteiger partial charge in [0.2, 0.25) is 0 Å². The van der Waals surface area contributed by atoms with Gasteiger partial charge < -0.3 is 11.1 Å². The lowest BCUT2D eigenvalue weighted by Gasteiger charge is -2.16. The van der Waals surface area contributed by atoms with Gasteiger partial charge in [-0.05, 0) is 67.8 Å². The summed E-state index contributed by atoms with van der Waals surface area (Å²) < 4.78 is 13.2. The average molecular weight is 332 g/mol. The molecule has 0 aliphatic carbocycles. The molecule has 4 heteroatoms. The third-order valence-corrected chi connectivity index (χ3v) is 3.76. The number of halogens is 1. The molecular weight excluding hydrogens is 307 g/mol. The fraction of sp³-hybridized carbons (Fsp3) is 0.316. The van der Waals surface area contributed by atoms with Crippen LogP contribution in [0.25, 0.3) is 5.70 Å². The number of nitrogens with one attached hydrogen (secondary N) is 1. The van der Waals surface area contributed by atoms with Crippen LogP contribution in [0.5, 0.6) is 0 Å². The molecule has 0 aromatic heterocycles. The first-order valence-electron chi connectivity index (χ1n) is 7.80. The minimum atomic E-state index is -0.256. The third-order valence-electron chi connectivity index (χ3n) is 3.45. The Balaban J connectivity index is 3.23. The van der Waals surface area contributed by atoms with Crippen molar-refractivity contribution in [1.82, 2.24) is 5.32 Å². The molecule has 3 N–H and O–H groups in total. The van der Waals surface area contributed by atoms with Crippen molar-refractivity contribution in [3.05, 3.63) is 65.0 Å². The number of rotatable bonds is 7. The first-order chi connectivity index (χ1) is 11.0. The summed E-state index contributed by atoms with van der Waals surface area (Å²) in [6.45, 7) is 6.67. The highest BCUT2D eigenvalue weighted by Crippen LogP contribution is 2.22. The van der Waals surface area contributed by atoms with Crippen LogP contribution in [0, 0.1) is 5.82 Å². The summed E-state index contributed by atoms with van der Waals surface area (Å²) in [5, 5.41) is 3.27. The van der Waals surface area contributed by atoms with Crippen LogP contribution < -0.4 is 11.1 Å². The van der Waals surface area contributed by atoms with E-state index in [-0.39, 0.29) is 5.82 Å². The monoisotopic (exact) mass is 332 g/mol. The van der Waals surface area contributed by atoms with E-state index in [1.165, 1.54) is 12.1 Å². The maximum atomic E-state index is 13.2. The SMILES string of the molecule is CC/C=C/C=C(C)/C(C)=C(/NC(=S)CCN)c1ccc(F)cc1. The van der Waals surface area contributed by atoms with Gasteiger partial charge >= 0.3 is 0 Å². The Bertz CT molecular complexity index is 613. The predicted octanol–water partition coefficient (Wildman–Crippen LogP) is 4.74. The second-order valence-electron chi connectivity index (χ2n) is 5.28. The van der Waals surface area contributed by atoms with Crippen molar-refractivity contribution in [3.8, 4) is 0 Å². The molecule has 1 rings (SSSR count). The zero-order valence-electron chi connectivity index (χ0n) is 14.0. The Labute approximate surface area is 144 Å². The van der Waals surface area contributed by atoms with Crippen LogP contribution >= 0.6 is 12.2 Å². The van der Waals surface area contributed by atoms with Crippen LogP contribution in [0.15, 0.2) is 53.6 Å². The smallest absolute Gasteiger partial charge is 0.123 e. The molecule has 0 saturated carbocycles. The van der Waals surface area contributed by atoms with Crippen LogP contribution in [0.2, 0.25) is 0 Å².